The molecule has 1 saturated heterocycles. The Morgan fingerprint density at radius 3 is 2.92 bits per heavy atom. The Morgan fingerprint density at radius 2 is 2.10 bits per heavy atom. The fraction of sp³-hybridized carbons (Fsp3) is 0.370. The van der Waals surface area contributed by atoms with Crippen LogP contribution < -0.4 is 10.6 Å². The fourth-order valence-corrected chi connectivity index (χ4v) is 6.20. The number of alkyl halides is 1. The van der Waals surface area contributed by atoms with E-state index in [0.29, 0.717) is 17.3 Å². The molecule has 3 atom stereocenters. The van der Waals surface area contributed by atoms with E-state index in [1.54, 1.807) is 29.2 Å². The van der Waals surface area contributed by atoms with Crippen LogP contribution in [0.5, 0.6) is 0 Å². The monoisotopic (exact) mass is 543 g/mol. The molecule has 5 aromatic rings. The lowest BCUT2D eigenvalue weighted by atomic mass is 9.50. The van der Waals surface area contributed by atoms with Crippen molar-refractivity contribution >= 4 is 34.1 Å². The first-order chi connectivity index (χ1) is 19.4. The van der Waals surface area contributed by atoms with Crippen LogP contribution in [0.2, 0.25) is 0 Å². The van der Waals surface area contributed by atoms with Crippen LogP contribution in [0.1, 0.15) is 31.1 Å². The van der Waals surface area contributed by atoms with E-state index in [0.717, 1.165) is 52.7 Å². The number of anilines is 2. The minimum Gasteiger partial charge on any atom is -0.441 e. The molecule has 5 heterocycles. The van der Waals surface area contributed by atoms with E-state index in [4.69, 9.17) is 9.47 Å². The quantitative estimate of drug-likeness (QED) is 0.294. The third-order valence-electron chi connectivity index (χ3n) is 8.39. The van der Waals surface area contributed by atoms with Crippen LogP contribution >= 0.6 is 0 Å². The molecule has 40 heavy (non-hydrogen) atoms. The summed E-state index contributed by atoms with van der Waals surface area (Å²) >= 11 is 0. The van der Waals surface area contributed by atoms with Gasteiger partial charge in [0.25, 0.3) is 0 Å². The molecule has 4 aliphatic rings. The second-order valence-corrected chi connectivity index (χ2v) is 11.0. The summed E-state index contributed by atoms with van der Waals surface area (Å²) in [4.78, 5) is 16.8. The average Bonchev–Trinajstić information content (AvgIpc) is 3.69. The van der Waals surface area contributed by atoms with E-state index in [1.807, 2.05) is 30.1 Å². The normalized spacial score (nSPS) is 26.9. The zero-order valence-corrected chi connectivity index (χ0v) is 21.5. The van der Waals surface area contributed by atoms with E-state index in [1.165, 1.54) is 0 Å². The van der Waals surface area contributed by atoms with Crippen LogP contribution in [0.15, 0.2) is 49.1 Å². The van der Waals surface area contributed by atoms with Gasteiger partial charge in [0.1, 0.15) is 11.6 Å². The zero-order chi connectivity index (χ0) is 27.0. The van der Waals surface area contributed by atoms with Gasteiger partial charge in [-0.05, 0) is 42.9 Å². The van der Waals surface area contributed by atoms with Crippen LogP contribution in [0, 0.1) is 5.92 Å². The third-order valence-corrected chi connectivity index (χ3v) is 8.39. The van der Waals surface area contributed by atoms with Crippen molar-refractivity contribution in [1.82, 2.24) is 39.9 Å². The lowest BCUT2D eigenvalue weighted by molar-refractivity contribution is -0.0528. The van der Waals surface area contributed by atoms with Gasteiger partial charge >= 0.3 is 6.09 Å². The number of aryl methyl sites for hydroxylation is 1. The summed E-state index contributed by atoms with van der Waals surface area (Å²) in [6, 6.07) is 7.78. The molecular formula is C27H26FN9O3. The molecule has 204 valence electrons. The van der Waals surface area contributed by atoms with Gasteiger partial charge in [-0.3, -0.25) is 9.78 Å². The van der Waals surface area contributed by atoms with Gasteiger partial charge < -0.3 is 20.1 Å². The van der Waals surface area contributed by atoms with Gasteiger partial charge in [-0.15, -0.1) is 0 Å². The molecule has 3 aliphatic carbocycles. The highest BCUT2D eigenvalue weighted by Crippen LogP contribution is 2.57. The van der Waals surface area contributed by atoms with Gasteiger partial charge in [0.05, 0.1) is 30.2 Å². The Hall–Kier alpha value is -4.52. The highest BCUT2D eigenvalue weighted by Gasteiger charge is 2.58. The minimum atomic E-state index is -1.53. The number of H-pyrrole nitrogens is 1. The van der Waals surface area contributed by atoms with Crippen LogP contribution in [0.25, 0.3) is 27.5 Å². The Bertz CT molecular complexity index is 1760. The Morgan fingerprint density at radius 1 is 1.23 bits per heavy atom. The Balaban J connectivity index is 1.00. The highest BCUT2D eigenvalue weighted by atomic mass is 19.1. The number of aromatic amines is 1. The van der Waals surface area contributed by atoms with Crippen molar-refractivity contribution in [3.8, 4) is 11.1 Å². The van der Waals surface area contributed by atoms with Gasteiger partial charge in [-0.2, -0.15) is 15.3 Å². The molecule has 1 aromatic carbocycles. The van der Waals surface area contributed by atoms with Crippen LogP contribution in [-0.2, 0) is 16.5 Å². The first kappa shape index (κ1) is 23.4. The van der Waals surface area contributed by atoms with Crippen molar-refractivity contribution in [1.29, 1.82) is 0 Å². The van der Waals surface area contributed by atoms with Crippen LogP contribution in [-0.4, -0.2) is 65.1 Å². The predicted octanol–water partition coefficient (Wildman–Crippen LogP) is 3.81. The number of alkyl carbamates (subject to hydrolysis) is 1. The average molecular weight is 544 g/mol. The van der Waals surface area contributed by atoms with Gasteiger partial charge in [0, 0.05) is 42.0 Å². The zero-order valence-electron chi connectivity index (χ0n) is 21.5. The molecule has 0 spiro atoms. The summed E-state index contributed by atoms with van der Waals surface area (Å²) in [5.41, 5.74) is 3.95. The standard InChI is InChI=1S/C27H26FN9O3/c1-36-19-3-2-15(6-16(19)11-30-36)17-12-31-37-5-4-29-25(23(17)37)32-21-7-18(34-35-21)24-22(28)20(13-39-24)40-26(38)33-27-8-14(9-27)10-27/h2-7,11-12,14,20,22,24H,8-10,13H2,1H3,(H,33,38)(H2,29,32,34,35)/t14?,20-,22+,24-,27?/m1/s1. The van der Waals surface area contributed by atoms with E-state index < -0.39 is 24.5 Å². The number of hydrogen-bond acceptors (Lipinski definition) is 8. The molecule has 13 heteroatoms. The number of hydrogen-bond donors (Lipinski definition) is 3. The van der Waals surface area contributed by atoms with Gasteiger partial charge in [0.2, 0.25) is 0 Å². The molecular weight excluding hydrogens is 517 g/mol. The smallest absolute Gasteiger partial charge is 0.408 e. The summed E-state index contributed by atoms with van der Waals surface area (Å²) < 4.78 is 29.9. The molecule has 3 N–H and O–H groups in total. The molecule has 4 aromatic heterocycles. The summed E-state index contributed by atoms with van der Waals surface area (Å²) in [6.07, 6.45) is 5.95. The SMILES string of the molecule is Cn1ncc2cc(-c3cnn4ccnc(Nc5cc([C@H]6OC[C@@H](OC(=O)NC78CC(C7)C8)[C@@H]6F)[nH]n5)c34)ccc21. The number of carbonyl (C=O) groups excluding carboxylic acids is 1. The lowest BCUT2D eigenvalue weighted by Gasteiger charge is -2.61. The topological polar surface area (TPSA) is 136 Å². The number of amides is 1. The number of benzene rings is 1. The maximum absolute atomic E-state index is 15.3. The largest absolute Gasteiger partial charge is 0.441 e. The second-order valence-electron chi connectivity index (χ2n) is 11.0. The van der Waals surface area contributed by atoms with E-state index in [2.05, 4.69) is 42.1 Å². The first-order valence-electron chi connectivity index (χ1n) is 13.3. The van der Waals surface area contributed by atoms with Gasteiger partial charge in [0.15, 0.2) is 23.9 Å². The number of aromatic nitrogens is 7. The Labute approximate surface area is 226 Å². The van der Waals surface area contributed by atoms with E-state index in [-0.39, 0.29) is 12.1 Å². The summed E-state index contributed by atoms with van der Waals surface area (Å²) in [7, 11) is 1.91. The number of fused-ring (bicyclic) bond motifs is 2. The van der Waals surface area contributed by atoms with Crippen molar-refractivity contribution < 1.29 is 18.7 Å². The molecule has 0 radical (unpaired) electrons. The maximum atomic E-state index is 15.3. The molecule has 1 aliphatic heterocycles. The van der Waals surface area contributed by atoms with Crippen molar-refractivity contribution in [3.63, 3.8) is 0 Å². The number of carbonyl (C=O) groups is 1. The molecule has 12 nitrogen and oxygen atoms in total. The predicted molar refractivity (Wildman–Crippen MR) is 142 cm³/mol. The molecule has 4 fully saturated rings. The van der Waals surface area contributed by atoms with Crippen molar-refractivity contribution in [2.75, 3.05) is 11.9 Å². The summed E-state index contributed by atoms with van der Waals surface area (Å²) in [6.45, 7) is -0.0298. The highest BCUT2D eigenvalue weighted by molar-refractivity contribution is 5.93. The van der Waals surface area contributed by atoms with Crippen molar-refractivity contribution in [2.24, 2.45) is 13.0 Å². The van der Waals surface area contributed by atoms with Crippen molar-refractivity contribution in [2.45, 2.75) is 43.2 Å². The molecule has 3 saturated carbocycles. The summed E-state index contributed by atoms with van der Waals surface area (Å²) in [5.74, 6) is 1.69. The first-order valence-corrected chi connectivity index (χ1v) is 13.3. The van der Waals surface area contributed by atoms with Gasteiger partial charge in [-0.1, -0.05) is 6.07 Å². The molecule has 2 bridgehead atoms. The van der Waals surface area contributed by atoms with Gasteiger partial charge in [-0.25, -0.2) is 18.7 Å². The number of rotatable bonds is 6. The van der Waals surface area contributed by atoms with Crippen LogP contribution in [0.4, 0.5) is 20.8 Å². The van der Waals surface area contributed by atoms with E-state index in [9.17, 15) is 4.79 Å². The van der Waals surface area contributed by atoms with Crippen molar-refractivity contribution in [3.05, 3.63) is 54.7 Å². The molecule has 1 amide bonds. The third kappa shape index (κ3) is 3.64. The number of nitrogens with zero attached hydrogens (tertiary/aromatic N) is 6. The lowest BCUT2D eigenvalue weighted by Crippen LogP contribution is -2.68. The number of ether oxygens (including phenoxy) is 2. The number of halogens is 1. The van der Waals surface area contributed by atoms with E-state index >= 15 is 4.39 Å². The number of nitrogens with one attached hydrogen (secondary N) is 3. The maximum Gasteiger partial charge on any atom is 0.408 e. The molecule has 0 unspecified atom stereocenters. The molecule has 9 rings (SSSR count). The summed E-state index contributed by atoms with van der Waals surface area (Å²) in [5, 5.41) is 23.1. The Kier molecular flexibility index (Phi) is 4.96. The minimum absolute atomic E-state index is 0.0298. The fourth-order valence-electron chi connectivity index (χ4n) is 6.20. The second kappa shape index (κ2) is 8.49. The van der Waals surface area contributed by atoms with Crippen LogP contribution in [0.3, 0.4) is 0 Å².